The number of carboxylic acid groups (broad SMARTS) is 1. The molecule has 0 bridgehead atoms. The maximum absolute atomic E-state index is 13.3. The van der Waals surface area contributed by atoms with Crippen molar-refractivity contribution in [2.45, 2.75) is 30.4 Å². The molecular formula is C32H29N3O6S. The molecule has 3 amide bonds. The second-order valence-electron chi connectivity index (χ2n) is 9.21. The van der Waals surface area contributed by atoms with Crippen molar-refractivity contribution in [3.63, 3.8) is 0 Å². The summed E-state index contributed by atoms with van der Waals surface area (Å²) in [6, 6.07) is 23.4. The van der Waals surface area contributed by atoms with Crippen LogP contribution in [0.4, 0.5) is 11.4 Å². The highest BCUT2D eigenvalue weighted by molar-refractivity contribution is 8.00. The standard InChI is InChI=1S/C32H29N3O6S/c1-3-28(31(38)34-26-17-22(32(39)40)15-14-20(26)2)42-25-13-7-11-23(18-25)33-30(37)27(19-24-12-8-16-41-24)35-29(36)21-9-5-4-6-10-21/h4-19,28H,3H2,1-2H3,(H,33,37)(H,34,38)(H,35,36)(H,39,40)/b27-19-. The van der Waals surface area contributed by atoms with Crippen molar-refractivity contribution < 1.29 is 28.7 Å². The Bertz CT molecular complexity index is 1620. The third-order valence-electron chi connectivity index (χ3n) is 6.13. The van der Waals surface area contributed by atoms with Gasteiger partial charge in [-0.1, -0.05) is 37.3 Å². The van der Waals surface area contributed by atoms with Crippen LogP contribution >= 0.6 is 11.8 Å². The highest BCUT2D eigenvalue weighted by Gasteiger charge is 2.20. The summed E-state index contributed by atoms with van der Waals surface area (Å²) >= 11 is 1.31. The van der Waals surface area contributed by atoms with Crippen LogP contribution in [0.25, 0.3) is 6.08 Å². The minimum absolute atomic E-state index is 0.0124. The molecular weight excluding hydrogens is 554 g/mol. The third-order valence-corrected chi connectivity index (χ3v) is 7.49. The molecule has 0 aliphatic carbocycles. The fourth-order valence-corrected chi connectivity index (χ4v) is 4.91. The van der Waals surface area contributed by atoms with E-state index in [1.807, 2.05) is 13.0 Å². The molecule has 1 heterocycles. The number of carbonyl (C=O) groups excluding carboxylic acids is 3. The van der Waals surface area contributed by atoms with Crippen LogP contribution in [0.2, 0.25) is 0 Å². The van der Waals surface area contributed by atoms with Crippen molar-refractivity contribution in [1.29, 1.82) is 0 Å². The van der Waals surface area contributed by atoms with E-state index in [2.05, 4.69) is 16.0 Å². The van der Waals surface area contributed by atoms with Gasteiger partial charge >= 0.3 is 5.97 Å². The van der Waals surface area contributed by atoms with Gasteiger partial charge in [0.15, 0.2) is 0 Å². The minimum atomic E-state index is -1.08. The molecule has 0 aliphatic heterocycles. The Morgan fingerprint density at radius 2 is 1.69 bits per heavy atom. The summed E-state index contributed by atoms with van der Waals surface area (Å²) < 4.78 is 5.34. The lowest BCUT2D eigenvalue weighted by molar-refractivity contribution is -0.116. The summed E-state index contributed by atoms with van der Waals surface area (Å²) in [7, 11) is 0. The van der Waals surface area contributed by atoms with Crippen molar-refractivity contribution >= 4 is 52.9 Å². The van der Waals surface area contributed by atoms with Gasteiger partial charge in [0.2, 0.25) is 5.91 Å². The number of benzene rings is 3. The van der Waals surface area contributed by atoms with Gasteiger partial charge in [0, 0.05) is 27.9 Å². The van der Waals surface area contributed by atoms with E-state index >= 15 is 0 Å². The molecule has 3 aromatic carbocycles. The number of rotatable bonds is 11. The Morgan fingerprint density at radius 3 is 2.38 bits per heavy atom. The molecule has 0 radical (unpaired) electrons. The number of anilines is 2. The number of furan rings is 1. The Labute approximate surface area is 247 Å². The largest absolute Gasteiger partial charge is 0.478 e. The maximum Gasteiger partial charge on any atom is 0.335 e. The van der Waals surface area contributed by atoms with Crippen molar-refractivity contribution in [2.75, 3.05) is 10.6 Å². The number of amides is 3. The van der Waals surface area contributed by atoms with E-state index in [9.17, 15) is 24.3 Å². The topological polar surface area (TPSA) is 138 Å². The molecule has 4 aromatic rings. The zero-order valence-corrected chi connectivity index (χ0v) is 23.7. The first-order valence-corrected chi connectivity index (χ1v) is 14.0. The van der Waals surface area contributed by atoms with E-state index in [0.717, 1.165) is 10.5 Å². The first-order chi connectivity index (χ1) is 20.2. The van der Waals surface area contributed by atoms with E-state index < -0.39 is 23.0 Å². The average molecular weight is 584 g/mol. The van der Waals surface area contributed by atoms with Crippen LogP contribution in [0.3, 0.4) is 0 Å². The maximum atomic E-state index is 13.3. The van der Waals surface area contributed by atoms with Gasteiger partial charge in [0.05, 0.1) is 17.1 Å². The molecule has 0 fully saturated rings. The molecule has 1 unspecified atom stereocenters. The number of thioether (sulfide) groups is 1. The highest BCUT2D eigenvalue weighted by Crippen LogP contribution is 2.29. The zero-order valence-electron chi connectivity index (χ0n) is 22.9. The third kappa shape index (κ3) is 7.98. The second kappa shape index (κ2) is 14.0. The number of aromatic carboxylic acids is 1. The van der Waals surface area contributed by atoms with Gasteiger partial charge in [-0.3, -0.25) is 14.4 Å². The Hall–Kier alpha value is -5.09. The average Bonchev–Trinajstić information content (AvgIpc) is 3.50. The van der Waals surface area contributed by atoms with Crippen LogP contribution in [-0.4, -0.2) is 34.0 Å². The number of carboxylic acids is 1. The lowest BCUT2D eigenvalue weighted by Gasteiger charge is -2.17. The molecule has 214 valence electrons. The zero-order chi connectivity index (χ0) is 30.1. The number of carbonyl (C=O) groups is 4. The van der Waals surface area contributed by atoms with Gasteiger partial charge in [0.25, 0.3) is 11.8 Å². The molecule has 10 heteroatoms. The van der Waals surface area contributed by atoms with Crippen molar-refractivity contribution in [3.8, 4) is 0 Å². The van der Waals surface area contributed by atoms with E-state index in [1.54, 1.807) is 73.7 Å². The van der Waals surface area contributed by atoms with Crippen LogP contribution < -0.4 is 16.0 Å². The van der Waals surface area contributed by atoms with Gasteiger partial charge < -0.3 is 25.5 Å². The normalized spacial score (nSPS) is 11.8. The monoisotopic (exact) mass is 583 g/mol. The Balaban J connectivity index is 1.47. The Kier molecular flexibility index (Phi) is 9.96. The molecule has 0 spiro atoms. The van der Waals surface area contributed by atoms with Gasteiger partial charge in [-0.05, 0) is 73.5 Å². The molecule has 0 saturated heterocycles. The predicted molar refractivity (Wildman–Crippen MR) is 162 cm³/mol. The lowest BCUT2D eigenvalue weighted by atomic mass is 10.1. The number of aryl methyl sites for hydroxylation is 1. The van der Waals surface area contributed by atoms with E-state index in [1.165, 1.54) is 36.2 Å². The number of hydrogen-bond acceptors (Lipinski definition) is 6. The van der Waals surface area contributed by atoms with Crippen molar-refractivity contribution in [2.24, 2.45) is 0 Å². The van der Waals surface area contributed by atoms with Crippen LogP contribution in [0.5, 0.6) is 0 Å². The van der Waals surface area contributed by atoms with Gasteiger partial charge in [-0.2, -0.15) is 0 Å². The highest BCUT2D eigenvalue weighted by atomic mass is 32.2. The Morgan fingerprint density at radius 1 is 0.905 bits per heavy atom. The summed E-state index contributed by atoms with van der Waals surface area (Å²) in [5.41, 5.74) is 2.11. The van der Waals surface area contributed by atoms with Crippen molar-refractivity contribution in [1.82, 2.24) is 5.32 Å². The van der Waals surface area contributed by atoms with E-state index in [0.29, 0.717) is 29.1 Å². The summed E-state index contributed by atoms with van der Waals surface area (Å²) in [5.74, 6) is -1.97. The summed E-state index contributed by atoms with van der Waals surface area (Å²) in [6.45, 7) is 3.67. The summed E-state index contributed by atoms with van der Waals surface area (Å²) in [4.78, 5) is 51.2. The first kappa shape index (κ1) is 29.9. The molecule has 0 aliphatic rings. The lowest BCUT2D eigenvalue weighted by Crippen LogP contribution is -2.30. The molecule has 9 nitrogen and oxygen atoms in total. The SMILES string of the molecule is CCC(Sc1cccc(NC(=O)/C(=C/c2ccco2)NC(=O)c2ccccc2)c1)C(=O)Nc1cc(C(=O)O)ccc1C. The number of nitrogens with one attached hydrogen (secondary N) is 3. The predicted octanol–water partition coefficient (Wildman–Crippen LogP) is 6.21. The smallest absolute Gasteiger partial charge is 0.335 e. The fourth-order valence-electron chi connectivity index (χ4n) is 3.89. The van der Waals surface area contributed by atoms with E-state index in [-0.39, 0.29) is 17.2 Å². The molecule has 42 heavy (non-hydrogen) atoms. The molecule has 1 atom stereocenters. The fraction of sp³-hybridized carbons (Fsp3) is 0.125. The minimum Gasteiger partial charge on any atom is -0.478 e. The molecule has 4 rings (SSSR count). The van der Waals surface area contributed by atoms with Gasteiger partial charge in [-0.25, -0.2) is 4.79 Å². The van der Waals surface area contributed by atoms with Crippen molar-refractivity contribution in [3.05, 3.63) is 119 Å². The molecule has 0 saturated carbocycles. The second-order valence-corrected chi connectivity index (χ2v) is 10.5. The van der Waals surface area contributed by atoms with Gasteiger partial charge in [-0.15, -0.1) is 11.8 Å². The summed E-state index contributed by atoms with van der Waals surface area (Å²) in [5, 5.41) is 17.1. The molecule has 1 aromatic heterocycles. The van der Waals surface area contributed by atoms with Crippen LogP contribution in [0.1, 0.15) is 45.4 Å². The van der Waals surface area contributed by atoms with Gasteiger partial charge in [0.1, 0.15) is 11.5 Å². The van der Waals surface area contributed by atoms with Crippen LogP contribution in [0.15, 0.2) is 106 Å². The van der Waals surface area contributed by atoms with Crippen LogP contribution in [-0.2, 0) is 9.59 Å². The first-order valence-electron chi connectivity index (χ1n) is 13.1. The van der Waals surface area contributed by atoms with E-state index in [4.69, 9.17) is 4.42 Å². The van der Waals surface area contributed by atoms with Crippen LogP contribution in [0, 0.1) is 6.92 Å². The summed E-state index contributed by atoms with van der Waals surface area (Å²) in [6.07, 6.45) is 3.41. The quantitative estimate of drug-likeness (QED) is 0.122. The molecule has 4 N–H and O–H groups in total. The number of hydrogen-bond donors (Lipinski definition) is 4.